The van der Waals surface area contributed by atoms with Crippen LogP contribution in [-0.2, 0) is 23.7 Å². The molecular formula is C25H44N4O8. The molecular weight excluding hydrogens is 484 g/mol. The Labute approximate surface area is 219 Å². The number of guanidine groups is 1. The van der Waals surface area contributed by atoms with Gasteiger partial charge in [0.05, 0.1) is 12.6 Å². The number of esters is 1. The summed E-state index contributed by atoms with van der Waals surface area (Å²) in [6, 6.07) is -0.560. The highest BCUT2D eigenvalue weighted by Crippen LogP contribution is 2.10. The third-order valence-corrected chi connectivity index (χ3v) is 3.64. The van der Waals surface area contributed by atoms with Crippen LogP contribution in [0.3, 0.4) is 0 Å². The van der Waals surface area contributed by atoms with Gasteiger partial charge in [0.15, 0.2) is 0 Å². The molecule has 0 radical (unpaired) electrons. The fourth-order valence-electron chi connectivity index (χ4n) is 2.47. The largest absolute Gasteiger partial charge is 0.463 e. The Morgan fingerprint density at radius 1 is 0.784 bits per heavy atom. The highest BCUT2D eigenvalue weighted by Gasteiger charge is 2.22. The molecule has 0 aromatic rings. The molecule has 3 amide bonds. The Morgan fingerprint density at radius 3 is 1.68 bits per heavy atom. The van der Waals surface area contributed by atoms with Crippen LogP contribution in [0.15, 0.2) is 17.1 Å². The lowest BCUT2D eigenvalue weighted by Crippen LogP contribution is -2.47. The zero-order valence-corrected chi connectivity index (χ0v) is 23.8. The minimum atomic E-state index is -0.802. The van der Waals surface area contributed by atoms with Crippen LogP contribution in [0.5, 0.6) is 0 Å². The molecule has 0 bridgehead atoms. The van der Waals surface area contributed by atoms with Gasteiger partial charge in [0, 0.05) is 12.6 Å². The van der Waals surface area contributed by atoms with Crippen molar-refractivity contribution in [2.75, 3.05) is 13.2 Å². The van der Waals surface area contributed by atoms with Crippen molar-refractivity contribution in [2.45, 2.75) is 105 Å². The van der Waals surface area contributed by atoms with Crippen molar-refractivity contribution in [3.63, 3.8) is 0 Å². The molecule has 37 heavy (non-hydrogen) atoms. The maximum absolute atomic E-state index is 12.2. The van der Waals surface area contributed by atoms with E-state index in [9.17, 15) is 19.2 Å². The molecule has 12 heteroatoms. The van der Waals surface area contributed by atoms with E-state index in [1.165, 1.54) is 12.2 Å². The first-order valence-electron chi connectivity index (χ1n) is 12.2. The van der Waals surface area contributed by atoms with Gasteiger partial charge >= 0.3 is 24.2 Å². The van der Waals surface area contributed by atoms with Gasteiger partial charge in [0.2, 0.25) is 5.96 Å². The van der Waals surface area contributed by atoms with Gasteiger partial charge in [-0.15, -0.1) is 0 Å². The number of nitrogens with zero attached hydrogens (tertiary/aromatic N) is 1. The summed E-state index contributed by atoms with van der Waals surface area (Å²) in [6.45, 7) is 17.5. The minimum absolute atomic E-state index is 0.151. The lowest BCUT2D eigenvalue weighted by atomic mass is 10.1. The molecule has 212 valence electrons. The normalized spacial score (nSPS) is 12.7. The van der Waals surface area contributed by atoms with Crippen LogP contribution in [0.2, 0.25) is 0 Å². The van der Waals surface area contributed by atoms with Gasteiger partial charge in [-0.3, -0.25) is 15.6 Å². The summed E-state index contributed by atoms with van der Waals surface area (Å²) in [7, 11) is 0. The zero-order chi connectivity index (χ0) is 28.9. The van der Waals surface area contributed by atoms with Crippen LogP contribution in [0.1, 0.15) is 82.1 Å². The van der Waals surface area contributed by atoms with Gasteiger partial charge in [-0.1, -0.05) is 6.08 Å². The fourth-order valence-corrected chi connectivity index (χ4v) is 2.47. The molecule has 12 nitrogen and oxygen atoms in total. The maximum atomic E-state index is 12.2. The van der Waals surface area contributed by atoms with Gasteiger partial charge in [0.1, 0.15) is 16.8 Å². The second kappa shape index (κ2) is 15.1. The molecule has 0 aromatic carbocycles. The van der Waals surface area contributed by atoms with Crippen LogP contribution in [0.25, 0.3) is 0 Å². The second-order valence-corrected chi connectivity index (χ2v) is 11.0. The molecule has 0 heterocycles. The lowest BCUT2D eigenvalue weighted by Gasteiger charge is -2.22. The van der Waals surface area contributed by atoms with Gasteiger partial charge in [-0.25, -0.2) is 19.2 Å². The molecule has 0 saturated carbocycles. The minimum Gasteiger partial charge on any atom is -0.463 e. The molecule has 0 aliphatic heterocycles. The standard InChI is InChI=1S/C25H44N4O8/c1-11-34-18(30)15-14-17(27-20(31)35-23(2,3)4)13-12-16-26-19(28-21(32)36-24(5,6)7)29-22(33)37-25(8,9)10/h14-15,17H,11-13,16H2,1-10H3,(H,27,31)(H2,26,28,29,32,33)/b15-14+/t17-/m0/s1. The molecule has 0 aromatic heterocycles. The monoisotopic (exact) mass is 528 g/mol. The van der Waals surface area contributed by atoms with E-state index in [0.717, 1.165) is 0 Å². The highest BCUT2D eigenvalue weighted by molar-refractivity contribution is 6.01. The van der Waals surface area contributed by atoms with E-state index < -0.39 is 47.1 Å². The smallest absolute Gasteiger partial charge is 0.414 e. The molecule has 0 rings (SSSR count). The number of hydrogen-bond donors (Lipinski definition) is 3. The maximum Gasteiger partial charge on any atom is 0.414 e. The zero-order valence-electron chi connectivity index (χ0n) is 23.8. The van der Waals surface area contributed by atoms with Crippen LogP contribution in [0.4, 0.5) is 14.4 Å². The van der Waals surface area contributed by atoms with Crippen LogP contribution in [0, 0.1) is 0 Å². The Morgan fingerprint density at radius 2 is 1.24 bits per heavy atom. The van der Waals surface area contributed by atoms with E-state index in [0.29, 0.717) is 12.8 Å². The number of aliphatic imine (C=N–C) groups is 1. The number of rotatable bonds is 8. The summed E-state index contributed by atoms with van der Waals surface area (Å²) < 4.78 is 20.6. The number of alkyl carbamates (subject to hydrolysis) is 3. The van der Waals surface area contributed by atoms with Crippen molar-refractivity contribution in [3.8, 4) is 0 Å². The van der Waals surface area contributed by atoms with Crippen LogP contribution in [-0.4, -0.2) is 66.2 Å². The van der Waals surface area contributed by atoms with Crippen LogP contribution < -0.4 is 16.0 Å². The summed E-state index contributed by atoms with van der Waals surface area (Å²) in [5.41, 5.74) is -2.21. The van der Waals surface area contributed by atoms with E-state index in [-0.39, 0.29) is 19.1 Å². The molecule has 0 fully saturated rings. The van der Waals surface area contributed by atoms with Crippen LogP contribution >= 0.6 is 0 Å². The fraction of sp³-hybridized carbons (Fsp3) is 0.720. The Hall–Kier alpha value is -3.31. The summed E-state index contributed by atoms with van der Waals surface area (Å²) in [6.07, 6.45) is 1.26. The molecule has 3 N–H and O–H groups in total. The number of carbonyl (C=O) groups excluding carboxylic acids is 4. The van der Waals surface area contributed by atoms with Gasteiger partial charge in [0.25, 0.3) is 0 Å². The van der Waals surface area contributed by atoms with Gasteiger partial charge in [-0.05, 0) is 82.1 Å². The first kappa shape index (κ1) is 33.7. The summed E-state index contributed by atoms with van der Waals surface area (Å²) in [5, 5.41) is 7.50. The molecule has 0 aliphatic rings. The first-order chi connectivity index (χ1) is 16.8. The molecule has 1 atom stereocenters. The highest BCUT2D eigenvalue weighted by atomic mass is 16.6. The second-order valence-electron chi connectivity index (χ2n) is 11.0. The van der Waals surface area contributed by atoms with E-state index >= 15 is 0 Å². The molecule has 0 saturated heterocycles. The number of hydrogen-bond acceptors (Lipinski definition) is 9. The Kier molecular flexibility index (Phi) is 13.7. The quantitative estimate of drug-likeness (QED) is 0.106. The molecule has 0 aliphatic carbocycles. The van der Waals surface area contributed by atoms with Crippen molar-refractivity contribution >= 4 is 30.2 Å². The van der Waals surface area contributed by atoms with Crippen molar-refractivity contribution in [1.82, 2.24) is 16.0 Å². The topological polar surface area (TPSA) is 154 Å². The predicted octanol–water partition coefficient (Wildman–Crippen LogP) is 4.18. The van der Waals surface area contributed by atoms with Crippen molar-refractivity contribution in [2.24, 2.45) is 4.99 Å². The number of nitrogens with one attached hydrogen (secondary N) is 3. The first-order valence-corrected chi connectivity index (χ1v) is 12.2. The van der Waals surface area contributed by atoms with Gasteiger partial charge in [-0.2, -0.15) is 0 Å². The van der Waals surface area contributed by atoms with Crippen molar-refractivity contribution < 1.29 is 38.1 Å². The van der Waals surface area contributed by atoms with E-state index in [1.807, 2.05) is 0 Å². The number of amides is 3. The van der Waals surface area contributed by atoms with E-state index in [2.05, 4.69) is 20.9 Å². The summed E-state index contributed by atoms with van der Waals surface area (Å²) in [4.78, 5) is 52.5. The predicted molar refractivity (Wildman–Crippen MR) is 139 cm³/mol. The summed E-state index contributed by atoms with van der Waals surface area (Å²) in [5.74, 6) is -0.691. The van der Waals surface area contributed by atoms with Gasteiger partial charge < -0.3 is 24.3 Å². The number of ether oxygens (including phenoxy) is 4. The number of carbonyl (C=O) groups is 4. The summed E-state index contributed by atoms with van der Waals surface area (Å²) >= 11 is 0. The van der Waals surface area contributed by atoms with Crippen molar-refractivity contribution in [1.29, 1.82) is 0 Å². The Balaban J connectivity index is 5.38. The molecule has 0 unspecified atom stereocenters. The SMILES string of the molecule is CCOC(=O)/C=C/[C@H](CCCN=C(NC(=O)OC(C)(C)C)NC(=O)OC(C)(C)C)NC(=O)OC(C)(C)C. The lowest BCUT2D eigenvalue weighted by molar-refractivity contribution is -0.137. The van der Waals surface area contributed by atoms with E-state index in [4.69, 9.17) is 18.9 Å². The Bertz CT molecular complexity index is 801. The van der Waals surface area contributed by atoms with Crippen molar-refractivity contribution in [3.05, 3.63) is 12.2 Å². The third-order valence-electron chi connectivity index (χ3n) is 3.64. The third kappa shape index (κ3) is 20.6. The van der Waals surface area contributed by atoms with E-state index in [1.54, 1.807) is 69.2 Å². The average molecular weight is 529 g/mol. The molecule has 0 spiro atoms. The average Bonchev–Trinajstić information content (AvgIpc) is 2.64.